The van der Waals surface area contributed by atoms with Crippen molar-refractivity contribution in [3.63, 3.8) is 0 Å². The Labute approximate surface area is 115 Å². The van der Waals surface area contributed by atoms with E-state index in [0.29, 0.717) is 0 Å². The van der Waals surface area contributed by atoms with Crippen LogP contribution in [-0.2, 0) is 0 Å². The third-order valence-corrected chi connectivity index (χ3v) is 4.01. The van der Waals surface area contributed by atoms with Gasteiger partial charge in [0.05, 0.1) is 0 Å². The summed E-state index contributed by atoms with van der Waals surface area (Å²) in [6.45, 7) is 7.02. The SMILES string of the molecule is Cc1cccc(C)c1C(=O)NCCC1CCNCC1. The van der Waals surface area contributed by atoms with Gasteiger partial charge in [-0.05, 0) is 63.2 Å². The molecule has 0 aromatic heterocycles. The summed E-state index contributed by atoms with van der Waals surface area (Å²) in [5.41, 5.74) is 2.95. The minimum Gasteiger partial charge on any atom is -0.352 e. The second-order valence-electron chi connectivity index (χ2n) is 5.50. The first-order valence-electron chi connectivity index (χ1n) is 7.23. The second kappa shape index (κ2) is 6.71. The van der Waals surface area contributed by atoms with E-state index in [1.54, 1.807) is 0 Å². The fourth-order valence-electron chi connectivity index (χ4n) is 2.82. The van der Waals surface area contributed by atoms with Crippen LogP contribution in [0.1, 0.15) is 40.7 Å². The monoisotopic (exact) mass is 260 g/mol. The molecule has 0 saturated carbocycles. The maximum absolute atomic E-state index is 12.2. The molecule has 0 radical (unpaired) electrons. The molecule has 1 saturated heterocycles. The molecule has 2 rings (SSSR count). The standard InChI is InChI=1S/C16H24N2O/c1-12-4-3-5-13(2)15(12)16(19)18-11-8-14-6-9-17-10-7-14/h3-5,14,17H,6-11H2,1-2H3,(H,18,19). The Morgan fingerprint density at radius 3 is 2.53 bits per heavy atom. The molecule has 1 aliphatic rings. The molecule has 1 heterocycles. The molecule has 3 heteroatoms. The van der Waals surface area contributed by atoms with E-state index in [4.69, 9.17) is 0 Å². The van der Waals surface area contributed by atoms with Crippen molar-refractivity contribution in [2.75, 3.05) is 19.6 Å². The van der Waals surface area contributed by atoms with Gasteiger partial charge in [-0.2, -0.15) is 0 Å². The van der Waals surface area contributed by atoms with Gasteiger partial charge >= 0.3 is 0 Å². The molecule has 0 bridgehead atoms. The van der Waals surface area contributed by atoms with Crippen LogP contribution in [0.15, 0.2) is 18.2 Å². The Kier molecular flexibility index (Phi) is 4.97. The summed E-state index contributed by atoms with van der Waals surface area (Å²) < 4.78 is 0. The van der Waals surface area contributed by atoms with Crippen LogP contribution in [0.3, 0.4) is 0 Å². The molecule has 0 unspecified atom stereocenters. The normalized spacial score (nSPS) is 16.3. The summed E-state index contributed by atoms with van der Waals surface area (Å²) in [4.78, 5) is 12.2. The first-order valence-corrected chi connectivity index (χ1v) is 7.23. The van der Waals surface area contributed by atoms with Crippen LogP contribution in [0.2, 0.25) is 0 Å². The number of rotatable bonds is 4. The first kappa shape index (κ1) is 14.1. The molecule has 3 nitrogen and oxygen atoms in total. The van der Waals surface area contributed by atoms with E-state index >= 15 is 0 Å². The van der Waals surface area contributed by atoms with Crippen molar-refractivity contribution in [1.82, 2.24) is 10.6 Å². The predicted molar refractivity (Wildman–Crippen MR) is 78.5 cm³/mol. The number of piperidine rings is 1. The number of hydrogen-bond acceptors (Lipinski definition) is 2. The summed E-state index contributed by atoms with van der Waals surface area (Å²) in [7, 11) is 0. The largest absolute Gasteiger partial charge is 0.352 e. The first-order chi connectivity index (χ1) is 9.18. The number of aryl methyl sites for hydroxylation is 2. The number of carbonyl (C=O) groups excluding carboxylic acids is 1. The van der Waals surface area contributed by atoms with Crippen LogP contribution in [0.4, 0.5) is 0 Å². The maximum Gasteiger partial charge on any atom is 0.251 e. The molecule has 0 aliphatic carbocycles. The van der Waals surface area contributed by atoms with Crippen molar-refractivity contribution in [3.8, 4) is 0 Å². The van der Waals surface area contributed by atoms with Crippen molar-refractivity contribution in [3.05, 3.63) is 34.9 Å². The smallest absolute Gasteiger partial charge is 0.251 e. The molecule has 0 atom stereocenters. The van der Waals surface area contributed by atoms with Crippen LogP contribution in [0.5, 0.6) is 0 Å². The van der Waals surface area contributed by atoms with Gasteiger partial charge < -0.3 is 10.6 Å². The van der Waals surface area contributed by atoms with Gasteiger partial charge in [-0.25, -0.2) is 0 Å². The zero-order chi connectivity index (χ0) is 13.7. The molecular formula is C16H24N2O. The Balaban J connectivity index is 1.84. The third-order valence-electron chi connectivity index (χ3n) is 4.01. The highest BCUT2D eigenvalue weighted by Crippen LogP contribution is 2.16. The Bertz CT molecular complexity index is 416. The Hall–Kier alpha value is -1.35. The van der Waals surface area contributed by atoms with E-state index in [-0.39, 0.29) is 5.91 Å². The highest BCUT2D eigenvalue weighted by Gasteiger charge is 2.14. The number of carbonyl (C=O) groups is 1. The summed E-state index contributed by atoms with van der Waals surface area (Å²) in [6, 6.07) is 5.99. The number of hydrogen-bond donors (Lipinski definition) is 2. The van der Waals surface area contributed by atoms with Gasteiger partial charge in [0.15, 0.2) is 0 Å². The van der Waals surface area contributed by atoms with Crippen molar-refractivity contribution in [1.29, 1.82) is 0 Å². The van der Waals surface area contributed by atoms with Gasteiger partial charge in [0.25, 0.3) is 5.91 Å². The number of benzene rings is 1. The van der Waals surface area contributed by atoms with E-state index in [2.05, 4.69) is 10.6 Å². The second-order valence-corrected chi connectivity index (χ2v) is 5.50. The molecular weight excluding hydrogens is 236 g/mol. The fraction of sp³-hybridized carbons (Fsp3) is 0.562. The zero-order valence-electron chi connectivity index (χ0n) is 12.0. The molecule has 1 aliphatic heterocycles. The lowest BCUT2D eigenvalue weighted by molar-refractivity contribution is 0.0949. The van der Waals surface area contributed by atoms with Crippen LogP contribution < -0.4 is 10.6 Å². The topological polar surface area (TPSA) is 41.1 Å². The molecule has 1 aromatic carbocycles. The molecule has 1 amide bonds. The van der Waals surface area contributed by atoms with Crippen molar-refractivity contribution in [2.45, 2.75) is 33.1 Å². The molecule has 2 N–H and O–H groups in total. The van der Waals surface area contributed by atoms with E-state index < -0.39 is 0 Å². The highest BCUT2D eigenvalue weighted by molar-refractivity contribution is 5.97. The minimum absolute atomic E-state index is 0.0736. The van der Waals surface area contributed by atoms with Crippen molar-refractivity contribution >= 4 is 5.91 Å². The molecule has 104 valence electrons. The third kappa shape index (κ3) is 3.80. The summed E-state index contributed by atoms with van der Waals surface area (Å²) >= 11 is 0. The minimum atomic E-state index is 0.0736. The maximum atomic E-state index is 12.2. The van der Waals surface area contributed by atoms with Gasteiger partial charge in [-0.15, -0.1) is 0 Å². The van der Waals surface area contributed by atoms with Gasteiger partial charge in [-0.3, -0.25) is 4.79 Å². The van der Waals surface area contributed by atoms with Crippen molar-refractivity contribution in [2.24, 2.45) is 5.92 Å². The molecule has 19 heavy (non-hydrogen) atoms. The molecule has 1 fully saturated rings. The lowest BCUT2D eigenvalue weighted by Gasteiger charge is -2.22. The van der Waals surface area contributed by atoms with Gasteiger partial charge in [0, 0.05) is 12.1 Å². The van der Waals surface area contributed by atoms with Gasteiger partial charge in [0.1, 0.15) is 0 Å². The van der Waals surface area contributed by atoms with E-state index in [1.807, 2.05) is 32.0 Å². The Morgan fingerprint density at radius 1 is 1.26 bits per heavy atom. The summed E-state index contributed by atoms with van der Waals surface area (Å²) in [6.07, 6.45) is 3.57. The summed E-state index contributed by atoms with van der Waals surface area (Å²) in [5, 5.41) is 6.44. The summed E-state index contributed by atoms with van der Waals surface area (Å²) in [5.74, 6) is 0.837. The fourth-order valence-corrected chi connectivity index (χ4v) is 2.82. The lowest BCUT2D eigenvalue weighted by Crippen LogP contribution is -2.31. The van der Waals surface area contributed by atoms with Crippen LogP contribution in [-0.4, -0.2) is 25.5 Å². The van der Waals surface area contributed by atoms with E-state index in [0.717, 1.165) is 48.7 Å². The quantitative estimate of drug-likeness (QED) is 0.873. The molecule has 0 spiro atoms. The predicted octanol–water partition coefficient (Wildman–Crippen LogP) is 2.42. The molecule has 1 aromatic rings. The highest BCUT2D eigenvalue weighted by atomic mass is 16.1. The zero-order valence-corrected chi connectivity index (χ0v) is 12.0. The van der Waals surface area contributed by atoms with Crippen LogP contribution in [0, 0.1) is 19.8 Å². The average molecular weight is 260 g/mol. The Morgan fingerprint density at radius 2 is 1.89 bits per heavy atom. The van der Waals surface area contributed by atoms with Crippen LogP contribution in [0.25, 0.3) is 0 Å². The van der Waals surface area contributed by atoms with Gasteiger partial charge in [0.2, 0.25) is 0 Å². The van der Waals surface area contributed by atoms with Gasteiger partial charge in [-0.1, -0.05) is 18.2 Å². The number of amides is 1. The number of nitrogens with one attached hydrogen (secondary N) is 2. The van der Waals surface area contributed by atoms with Crippen LogP contribution >= 0.6 is 0 Å². The lowest BCUT2D eigenvalue weighted by atomic mass is 9.94. The average Bonchev–Trinajstić information content (AvgIpc) is 2.40. The van der Waals surface area contributed by atoms with Crippen molar-refractivity contribution < 1.29 is 4.79 Å². The van der Waals surface area contributed by atoms with E-state index in [9.17, 15) is 4.79 Å². The van der Waals surface area contributed by atoms with E-state index in [1.165, 1.54) is 12.8 Å².